The summed E-state index contributed by atoms with van der Waals surface area (Å²) in [6.45, 7) is 13.3. The molecule has 0 saturated heterocycles. The van der Waals surface area contributed by atoms with Gasteiger partial charge in [0.25, 0.3) is 0 Å². The Morgan fingerprint density at radius 1 is 0.667 bits per heavy atom. The van der Waals surface area contributed by atoms with E-state index < -0.39 is 8.07 Å². The lowest BCUT2D eigenvalue weighted by atomic mass is 10.5. The molecule has 0 fully saturated rings. The van der Waals surface area contributed by atoms with Crippen LogP contribution in [0.15, 0.2) is 0 Å². The fourth-order valence-corrected chi connectivity index (χ4v) is 2.14. The highest BCUT2D eigenvalue weighted by atomic mass is 28.3. The molecule has 0 aliphatic carbocycles. The second-order valence-corrected chi connectivity index (χ2v) is 12.1. The molecule has 1 atom stereocenters. The Balaban J connectivity index is 3.10. The first-order valence-corrected chi connectivity index (χ1v) is 12.4. The third-order valence-corrected chi connectivity index (χ3v) is 5.78. The van der Waals surface area contributed by atoms with Crippen molar-refractivity contribution < 1.29 is 23.7 Å². The van der Waals surface area contributed by atoms with E-state index in [9.17, 15) is 0 Å². The second-order valence-electron chi connectivity index (χ2n) is 6.64. The Bertz CT molecular complexity index is 267. The molecule has 8 heteroatoms. The summed E-state index contributed by atoms with van der Waals surface area (Å²) in [5.41, 5.74) is 11.6. The molecule has 0 aliphatic heterocycles. The molecule has 1 unspecified atom stereocenters. The van der Waals surface area contributed by atoms with Crippen molar-refractivity contribution in [2.24, 2.45) is 11.5 Å². The topological polar surface area (TPSA) is 98.2 Å². The standard InChI is InChI=1S/C16H38N2O5Si/c1-24(2,3)16(18)15-23-14-13-22-12-11-21-10-9-20-8-7-19-6-4-5-17/h16H,4-15,17-18H2,1-3H3. The maximum Gasteiger partial charge on any atom is 0.0701 e. The number of ether oxygens (including phenoxy) is 5. The molecule has 0 spiro atoms. The van der Waals surface area contributed by atoms with Crippen LogP contribution < -0.4 is 11.5 Å². The zero-order chi connectivity index (χ0) is 18.1. The summed E-state index contributed by atoms with van der Waals surface area (Å²) in [5, 5.41) is 0. The molecule has 24 heavy (non-hydrogen) atoms. The monoisotopic (exact) mass is 366 g/mol. The molecule has 0 aliphatic rings. The van der Waals surface area contributed by atoms with Crippen molar-refractivity contribution in [3.8, 4) is 0 Å². The molecule has 0 saturated carbocycles. The van der Waals surface area contributed by atoms with Crippen molar-refractivity contribution in [1.29, 1.82) is 0 Å². The van der Waals surface area contributed by atoms with Gasteiger partial charge in [0.05, 0.1) is 67.5 Å². The van der Waals surface area contributed by atoms with Crippen LogP contribution in [0.1, 0.15) is 6.42 Å². The normalized spacial score (nSPS) is 13.4. The highest BCUT2D eigenvalue weighted by Crippen LogP contribution is 2.05. The molecule has 0 amide bonds. The molecular formula is C16H38N2O5Si. The van der Waals surface area contributed by atoms with Crippen LogP contribution in [0, 0.1) is 0 Å². The molecule has 0 rings (SSSR count). The first-order chi connectivity index (χ1) is 11.5. The minimum Gasteiger partial charge on any atom is -0.379 e. The van der Waals surface area contributed by atoms with E-state index in [1.807, 2.05) is 0 Å². The molecule has 0 aromatic rings. The lowest BCUT2D eigenvalue weighted by molar-refractivity contribution is -0.0110. The summed E-state index contributed by atoms with van der Waals surface area (Å²) in [7, 11) is -1.30. The largest absolute Gasteiger partial charge is 0.379 e. The minimum atomic E-state index is -1.30. The Morgan fingerprint density at radius 3 is 1.42 bits per heavy atom. The lowest BCUT2D eigenvalue weighted by Gasteiger charge is -2.24. The fourth-order valence-electron chi connectivity index (χ4n) is 1.53. The summed E-state index contributed by atoms with van der Waals surface area (Å²) in [6.07, 6.45) is 0.888. The van der Waals surface area contributed by atoms with E-state index in [0.717, 1.165) is 6.42 Å². The number of nitrogens with two attached hydrogens (primary N) is 2. The second kappa shape index (κ2) is 16.4. The summed E-state index contributed by atoms with van der Waals surface area (Å²) in [4.78, 5) is 0. The first-order valence-electron chi connectivity index (χ1n) is 8.83. The zero-order valence-electron chi connectivity index (χ0n) is 15.8. The van der Waals surface area contributed by atoms with Crippen LogP contribution in [-0.4, -0.2) is 86.4 Å². The summed E-state index contributed by atoms with van der Waals surface area (Å²) >= 11 is 0. The van der Waals surface area contributed by atoms with Crippen LogP contribution >= 0.6 is 0 Å². The van der Waals surface area contributed by atoms with Gasteiger partial charge >= 0.3 is 0 Å². The van der Waals surface area contributed by atoms with Gasteiger partial charge in [-0.15, -0.1) is 0 Å². The highest BCUT2D eigenvalue weighted by molar-refractivity contribution is 6.77. The molecule has 0 aromatic heterocycles. The van der Waals surface area contributed by atoms with E-state index in [1.54, 1.807) is 0 Å². The number of hydrogen-bond donors (Lipinski definition) is 2. The van der Waals surface area contributed by atoms with Gasteiger partial charge in [0.15, 0.2) is 0 Å². The average Bonchev–Trinajstić information content (AvgIpc) is 2.53. The van der Waals surface area contributed by atoms with Gasteiger partial charge in [0.1, 0.15) is 0 Å². The lowest BCUT2D eigenvalue weighted by Crippen LogP contribution is -2.48. The van der Waals surface area contributed by atoms with Crippen molar-refractivity contribution in [2.45, 2.75) is 31.7 Å². The molecular weight excluding hydrogens is 328 g/mol. The third-order valence-electron chi connectivity index (χ3n) is 3.39. The van der Waals surface area contributed by atoms with Crippen molar-refractivity contribution in [3.63, 3.8) is 0 Å². The summed E-state index contributed by atoms with van der Waals surface area (Å²) in [6, 6.07) is 0. The van der Waals surface area contributed by atoms with Crippen molar-refractivity contribution in [1.82, 2.24) is 0 Å². The molecule has 0 bridgehead atoms. The maximum absolute atomic E-state index is 6.06. The minimum absolute atomic E-state index is 0.173. The van der Waals surface area contributed by atoms with Crippen LogP contribution in [0.5, 0.6) is 0 Å². The van der Waals surface area contributed by atoms with E-state index in [2.05, 4.69) is 19.6 Å². The fraction of sp³-hybridized carbons (Fsp3) is 1.00. The van der Waals surface area contributed by atoms with Gasteiger partial charge < -0.3 is 35.2 Å². The molecule has 146 valence electrons. The van der Waals surface area contributed by atoms with Crippen molar-refractivity contribution in [2.75, 3.05) is 72.6 Å². The molecule has 0 aromatic carbocycles. The van der Waals surface area contributed by atoms with Gasteiger partial charge in [-0.05, 0) is 13.0 Å². The van der Waals surface area contributed by atoms with Gasteiger partial charge in [0.2, 0.25) is 0 Å². The van der Waals surface area contributed by atoms with E-state index in [1.165, 1.54) is 0 Å². The molecule has 0 radical (unpaired) electrons. The SMILES string of the molecule is C[Si](C)(C)C(N)COCCOCCOCCOCCOCCCN. The molecule has 7 nitrogen and oxygen atoms in total. The van der Waals surface area contributed by atoms with Gasteiger partial charge in [-0.25, -0.2) is 0 Å². The first kappa shape index (κ1) is 23.9. The van der Waals surface area contributed by atoms with E-state index in [0.29, 0.717) is 72.6 Å². The van der Waals surface area contributed by atoms with Gasteiger partial charge in [-0.3, -0.25) is 0 Å². The van der Waals surface area contributed by atoms with Crippen LogP contribution in [0.4, 0.5) is 0 Å². The Hall–Kier alpha value is -0.0631. The third kappa shape index (κ3) is 16.8. The number of rotatable bonds is 18. The summed E-state index contributed by atoms with van der Waals surface area (Å²) in [5.74, 6) is 0. The Labute approximate surface area is 148 Å². The van der Waals surface area contributed by atoms with Crippen LogP contribution in [-0.2, 0) is 23.7 Å². The average molecular weight is 367 g/mol. The van der Waals surface area contributed by atoms with E-state index >= 15 is 0 Å². The van der Waals surface area contributed by atoms with Gasteiger partial charge in [-0.2, -0.15) is 0 Å². The molecule has 4 N–H and O–H groups in total. The van der Waals surface area contributed by atoms with Gasteiger partial charge in [0, 0.05) is 12.3 Å². The Kier molecular flexibility index (Phi) is 16.4. The highest BCUT2D eigenvalue weighted by Gasteiger charge is 2.22. The number of hydrogen-bond acceptors (Lipinski definition) is 7. The molecule has 0 heterocycles. The zero-order valence-corrected chi connectivity index (χ0v) is 16.8. The van der Waals surface area contributed by atoms with Crippen LogP contribution in [0.3, 0.4) is 0 Å². The van der Waals surface area contributed by atoms with Crippen molar-refractivity contribution in [3.05, 3.63) is 0 Å². The quantitative estimate of drug-likeness (QED) is 0.271. The summed E-state index contributed by atoms with van der Waals surface area (Å²) < 4.78 is 27.1. The maximum atomic E-state index is 6.06. The van der Waals surface area contributed by atoms with E-state index in [-0.39, 0.29) is 5.67 Å². The smallest absolute Gasteiger partial charge is 0.0701 e. The van der Waals surface area contributed by atoms with E-state index in [4.69, 9.17) is 35.2 Å². The van der Waals surface area contributed by atoms with Crippen LogP contribution in [0.2, 0.25) is 19.6 Å². The predicted octanol–water partition coefficient (Wildman–Crippen LogP) is 0.623. The predicted molar refractivity (Wildman–Crippen MR) is 99.1 cm³/mol. The van der Waals surface area contributed by atoms with Crippen molar-refractivity contribution >= 4 is 8.07 Å². The van der Waals surface area contributed by atoms with Crippen LogP contribution in [0.25, 0.3) is 0 Å². The Morgan fingerprint density at radius 2 is 1.04 bits per heavy atom. The van der Waals surface area contributed by atoms with Gasteiger partial charge in [-0.1, -0.05) is 19.6 Å².